The summed E-state index contributed by atoms with van der Waals surface area (Å²) in [6, 6.07) is 0. The molecule has 8 nitrogen and oxygen atoms in total. The third-order valence-corrected chi connectivity index (χ3v) is 7.09. The van der Waals surface area contributed by atoms with Crippen molar-refractivity contribution in [1.29, 1.82) is 0 Å². The molecule has 0 atom stereocenters. The number of piperidine rings is 1. The highest BCUT2D eigenvalue weighted by atomic mass is 32.2. The van der Waals surface area contributed by atoms with Crippen molar-refractivity contribution in [2.24, 2.45) is 0 Å². The Bertz CT molecular complexity index is 732. The van der Waals surface area contributed by atoms with Crippen molar-refractivity contribution in [3.05, 3.63) is 11.1 Å². The van der Waals surface area contributed by atoms with Gasteiger partial charge in [0.15, 0.2) is 0 Å². The lowest BCUT2D eigenvalue weighted by atomic mass is 9.83. The number of hydrogen-bond acceptors (Lipinski definition) is 6. The fourth-order valence-electron chi connectivity index (χ4n) is 4.26. The number of ether oxygens (including phenoxy) is 1. The fourth-order valence-corrected chi connectivity index (χ4v) is 5.10. The Hall–Kier alpha value is -1.45. The molecule has 3 aliphatic rings. The first kappa shape index (κ1) is 20.3. The SMILES string of the molecule is CC1=C(C(=O)NCCCN2CCCC2)C2(CCN(S(C)(=O)=O)CC2)OC1=O. The van der Waals surface area contributed by atoms with Gasteiger partial charge in [-0.05, 0) is 45.8 Å². The number of esters is 1. The average molecular weight is 400 g/mol. The van der Waals surface area contributed by atoms with Gasteiger partial charge in [-0.1, -0.05) is 0 Å². The van der Waals surface area contributed by atoms with Gasteiger partial charge in [-0.2, -0.15) is 0 Å². The highest BCUT2D eigenvalue weighted by Crippen LogP contribution is 2.41. The molecule has 2 fully saturated rings. The maximum atomic E-state index is 12.8. The molecule has 1 spiro atoms. The number of amides is 1. The molecule has 0 unspecified atom stereocenters. The first-order valence-electron chi connectivity index (χ1n) is 9.63. The van der Waals surface area contributed by atoms with E-state index in [0.717, 1.165) is 26.1 Å². The van der Waals surface area contributed by atoms with Gasteiger partial charge in [-0.25, -0.2) is 17.5 Å². The second kappa shape index (κ2) is 7.89. The van der Waals surface area contributed by atoms with Crippen LogP contribution in [0.15, 0.2) is 11.1 Å². The molecule has 0 aromatic heterocycles. The van der Waals surface area contributed by atoms with Crippen molar-refractivity contribution >= 4 is 21.9 Å². The number of sulfonamides is 1. The number of nitrogens with one attached hydrogen (secondary N) is 1. The van der Waals surface area contributed by atoms with Crippen LogP contribution in [0.3, 0.4) is 0 Å². The van der Waals surface area contributed by atoms with Gasteiger partial charge in [0.25, 0.3) is 5.91 Å². The number of hydrogen-bond donors (Lipinski definition) is 1. The van der Waals surface area contributed by atoms with E-state index in [0.29, 0.717) is 30.5 Å². The molecule has 3 aliphatic heterocycles. The third-order valence-electron chi connectivity index (χ3n) is 5.79. The van der Waals surface area contributed by atoms with Crippen LogP contribution in [0.25, 0.3) is 0 Å². The van der Waals surface area contributed by atoms with E-state index in [-0.39, 0.29) is 19.0 Å². The molecule has 1 amide bonds. The summed E-state index contributed by atoms with van der Waals surface area (Å²) in [5.41, 5.74) is -0.289. The Morgan fingerprint density at radius 1 is 1.19 bits per heavy atom. The van der Waals surface area contributed by atoms with E-state index in [4.69, 9.17) is 4.74 Å². The molecular weight excluding hydrogens is 370 g/mol. The summed E-state index contributed by atoms with van der Waals surface area (Å²) in [7, 11) is -3.29. The first-order chi connectivity index (χ1) is 12.7. The lowest BCUT2D eigenvalue weighted by Gasteiger charge is -2.38. The zero-order valence-electron chi connectivity index (χ0n) is 16.1. The Balaban J connectivity index is 1.61. The summed E-state index contributed by atoms with van der Waals surface area (Å²) in [4.78, 5) is 27.3. The molecule has 3 heterocycles. The summed E-state index contributed by atoms with van der Waals surface area (Å²) in [5.74, 6) is -0.752. The van der Waals surface area contributed by atoms with Crippen LogP contribution in [0.4, 0.5) is 0 Å². The van der Waals surface area contributed by atoms with Gasteiger partial charge in [0, 0.05) is 38.0 Å². The molecule has 0 aromatic carbocycles. The van der Waals surface area contributed by atoms with E-state index >= 15 is 0 Å². The van der Waals surface area contributed by atoms with Crippen LogP contribution in [0.2, 0.25) is 0 Å². The topological polar surface area (TPSA) is 96.0 Å². The predicted octanol–water partition coefficient (Wildman–Crippen LogP) is 0.256. The van der Waals surface area contributed by atoms with Gasteiger partial charge in [-0.3, -0.25) is 4.79 Å². The maximum Gasteiger partial charge on any atom is 0.335 e. The van der Waals surface area contributed by atoms with Crippen molar-refractivity contribution in [1.82, 2.24) is 14.5 Å². The third kappa shape index (κ3) is 4.35. The lowest BCUT2D eigenvalue weighted by Crippen LogP contribution is -2.50. The number of likely N-dealkylation sites (tertiary alicyclic amines) is 1. The summed E-state index contributed by atoms with van der Waals surface area (Å²) < 4.78 is 30.4. The van der Waals surface area contributed by atoms with Crippen LogP contribution in [0, 0.1) is 0 Å². The maximum absolute atomic E-state index is 12.8. The normalized spacial score (nSPS) is 23.9. The Morgan fingerprint density at radius 3 is 2.41 bits per heavy atom. The summed E-state index contributed by atoms with van der Waals surface area (Å²) in [6.45, 7) is 5.85. The van der Waals surface area contributed by atoms with Gasteiger partial charge >= 0.3 is 5.97 Å². The Kier molecular flexibility index (Phi) is 5.93. The molecule has 0 saturated carbocycles. The van der Waals surface area contributed by atoms with Crippen LogP contribution in [0.5, 0.6) is 0 Å². The minimum absolute atomic E-state index is 0.241. The number of carbonyl (C=O) groups is 2. The van der Waals surface area contributed by atoms with Crippen LogP contribution in [-0.2, 0) is 24.3 Å². The van der Waals surface area contributed by atoms with E-state index in [1.54, 1.807) is 6.92 Å². The molecule has 152 valence electrons. The molecule has 3 rings (SSSR count). The second-order valence-electron chi connectivity index (χ2n) is 7.70. The second-order valence-corrected chi connectivity index (χ2v) is 9.69. The number of carbonyl (C=O) groups excluding carboxylic acids is 2. The van der Waals surface area contributed by atoms with E-state index in [9.17, 15) is 18.0 Å². The molecule has 27 heavy (non-hydrogen) atoms. The van der Waals surface area contributed by atoms with Crippen LogP contribution >= 0.6 is 0 Å². The molecule has 9 heteroatoms. The van der Waals surface area contributed by atoms with Gasteiger partial charge in [-0.15, -0.1) is 0 Å². The largest absolute Gasteiger partial charge is 0.450 e. The zero-order valence-corrected chi connectivity index (χ0v) is 16.9. The first-order valence-corrected chi connectivity index (χ1v) is 11.5. The van der Waals surface area contributed by atoms with E-state index < -0.39 is 21.6 Å². The molecular formula is C18H29N3O5S. The van der Waals surface area contributed by atoms with Gasteiger partial charge in [0.1, 0.15) is 5.60 Å². The smallest absolute Gasteiger partial charge is 0.335 e. The lowest BCUT2D eigenvalue weighted by molar-refractivity contribution is -0.150. The van der Waals surface area contributed by atoms with Crippen LogP contribution in [0.1, 0.15) is 39.0 Å². The number of nitrogens with zero attached hydrogens (tertiary/aromatic N) is 2. The summed E-state index contributed by atoms with van der Waals surface area (Å²) in [5, 5.41) is 2.93. The van der Waals surface area contributed by atoms with E-state index in [1.165, 1.54) is 23.4 Å². The van der Waals surface area contributed by atoms with Crippen LogP contribution in [-0.4, -0.2) is 80.6 Å². The van der Waals surface area contributed by atoms with E-state index in [2.05, 4.69) is 10.2 Å². The molecule has 1 N–H and O–H groups in total. The molecule has 0 radical (unpaired) electrons. The fraction of sp³-hybridized carbons (Fsp3) is 0.778. The quantitative estimate of drug-likeness (QED) is 0.508. The highest BCUT2D eigenvalue weighted by Gasteiger charge is 2.51. The van der Waals surface area contributed by atoms with Crippen molar-refractivity contribution < 1.29 is 22.7 Å². The summed E-state index contributed by atoms with van der Waals surface area (Å²) in [6.07, 6.45) is 5.12. The minimum Gasteiger partial charge on any atom is -0.450 e. The monoisotopic (exact) mass is 399 g/mol. The predicted molar refractivity (Wildman–Crippen MR) is 100 cm³/mol. The molecule has 0 aliphatic carbocycles. The Labute approximate surface area is 161 Å². The van der Waals surface area contributed by atoms with Gasteiger partial charge in [0.05, 0.1) is 11.8 Å². The average Bonchev–Trinajstić information content (AvgIpc) is 3.19. The number of rotatable bonds is 6. The van der Waals surface area contributed by atoms with Crippen molar-refractivity contribution in [2.75, 3.05) is 45.5 Å². The standard InChI is InChI=1S/C18H29N3O5S/c1-14-15(16(22)19-8-5-11-20-9-3-4-10-20)18(26-17(14)23)6-12-21(13-7-18)27(2,24)25/h3-13H2,1-2H3,(H,19,22). The van der Waals surface area contributed by atoms with Gasteiger partial charge in [0.2, 0.25) is 10.0 Å². The minimum atomic E-state index is -3.29. The van der Waals surface area contributed by atoms with Crippen LogP contribution < -0.4 is 5.32 Å². The van der Waals surface area contributed by atoms with Crippen molar-refractivity contribution in [3.63, 3.8) is 0 Å². The van der Waals surface area contributed by atoms with Gasteiger partial charge < -0.3 is 15.0 Å². The summed E-state index contributed by atoms with van der Waals surface area (Å²) >= 11 is 0. The molecule has 0 bridgehead atoms. The molecule has 0 aromatic rings. The van der Waals surface area contributed by atoms with E-state index in [1.807, 2.05) is 0 Å². The zero-order chi connectivity index (χ0) is 19.7. The Morgan fingerprint density at radius 2 is 1.81 bits per heavy atom. The highest BCUT2D eigenvalue weighted by molar-refractivity contribution is 7.88. The van der Waals surface area contributed by atoms with Crippen molar-refractivity contribution in [2.45, 2.75) is 44.6 Å². The molecule has 2 saturated heterocycles. The van der Waals surface area contributed by atoms with Crippen molar-refractivity contribution in [3.8, 4) is 0 Å².